The molecule has 1 aromatic carbocycles. The fourth-order valence-corrected chi connectivity index (χ4v) is 2.91. The number of hydrogen-bond donors (Lipinski definition) is 2. The molecule has 10 heteroatoms. The van der Waals surface area contributed by atoms with Crippen molar-refractivity contribution in [1.82, 2.24) is 15.3 Å². The molecule has 0 atom stereocenters. The molecule has 24 heavy (non-hydrogen) atoms. The Morgan fingerprint density at radius 3 is 2.79 bits per heavy atom. The van der Waals surface area contributed by atoms with E-state index in [0.717, 1.165) is 11.8 Å². The van der Waals surface area contributed by atoms with Gasteiger partial charge in [-0.25, -0.2) is 18.4 Å². The standard InChI is InChI=1S/C14H15ClN4O3S2/c1-23-14-17-8-11(15)12(18-14)13(20)16-7-9-4-3-5-10(6-9)19-24(2,21)22/h3-6,8,19H,7H2,1-2H3,(H,16,20). The average Bonchev–Trinajstić information content (AvgIpc) is 2.52. The Morgan fingerprint density at radius 1 is 1.38 bits per heavy atom. The highest BCUT2D eigenvalue weighted by molar-refractivity contribution is 7.98. The summed E-state index contributed by atoms with van der Waals surface area (Å²) in [5.41, 5.74) is 1.25. The van der Waals surface area contributed by atoms with E-state index in [4.69, 9.17) is 11.6 Å². The summed E-state index contributed by atoms with van der Waals surface area (Å²) in [6.45, 7) is 0.201. The van der Waals surface area contributed by atoms with Crippen molar-refractivity contribution in [2.24, 2.45) is 0 Å². The van der Waals surface area contributed by atoms with E-state index in [-0.39, 0.29) is 17.3 Å². The summed E-state index contributed by atoms with van der Waals surface area (Å²) in [4.78, 5) is 20.3. The van der Waals surface area contributed by atoms with Crippen LogP contribution in [0.2, 0.25) is 5.02 Å². The Bertz CT molecular complexity index is 859. The van der Waals surface area contributed by atoms with Crippen molar-refractivity contribution in [1.29, 1.82) is 0 Å². The molecule has 0 aliphatic heterocycles. The average molecular weight is 387 g/mol. The lowest BCUT2D eigenvalue weighted by Gasteiger charge is -2.09. The number of hydrogen-bond acceptors (Lipinski definition) is 6. The molecular weight excluding hydrogens is 372 g/mol. The molecule has 0 spiro atoms. The second-order valence-electron chi connectivity index (χ2n) is 4.81. The zero-order chi connectivity index (χ0) is 17.7. The van der Waals surface area contributed by atoms with E-state index < -0.39 is 15.9 Å². The van der Waals surface area contributed by atoms with Crippen LogP contribution in [0.5, 0.6) is 0 Å². The molecule has 0 fully saturated rings. The van der Waals surface area contributed by atoms with Crippen LogP contribution in [0, 0.1) is 0 Å². The minimum atomic E-state index is -3.36. The Morgan fingerprint density at radius 2 is 2.12 bits per heavy atom. The number of rotatable bonds is 6. The van der Waals surface area contributed by atoms with Crippen LogP contribution in [-0.4, -0.2) is 36.8 Å². The van der Waals surface area contributed by atoms with E-state index in [1.54, 1.807) is 30.5 Å². The van der Waals surface area contributed by atoms with Crippen LogP contribution < -0.4 is 10.0 Å². The van der Waals surface area contributed by atoms with Gasteiger partial charge in [0.15, 0.2) is 10.9 Å². The molecule has 0 bridgehead atoms. The van der Waals surface area contributed by atoms with E-state index in [2.05, 4.69) is 20.0 Å². The lowest BCUT2D eigenvalue weighted by atomic mass is 10.2. The normalized spacial score (nSPS) is 11.1. The summed E-state index contributed by atoms with van der Waals surface area (Å²) in [7, 11) is -3.36. The molecule has 2 aromatic rings. The van der Waals surface area contributed by atoms with Crippen molar-refractivity contribution in [2.75, 3.05) is 17.2 Å². The van der Waals surface area contributed by atoms with E-state index in [0.29, 0.717) is 10.8 Å². The number of nitrogens with zero attached hydrogens (tertiary/aromatic N) is 2. The predicted octanol–water partition coefficient (Wildman–Crippen LogP) is 2.15. The fourth-order valence-electron chi connectivity index (χ4n) is 1.83. The number of carbonyl (C=O) groups is 1. The van der Waals surface area contributed by atoms with Crippen molar-refractivity contribution >= 4 is 45.0 Å². The summed E-state index contributed by atoms with van der Waals surface area (Å²) < 4.78 is 24.9. The third-order valence-electron chi connectivity index (χ3n) is 2.80. The molecule has 2 rings (SSSR count). The highest BCUT2D eigenvalue weighted by Gasteiger charge is 2.14. The molecule has 0 unspecified atom stereocenters. The van der Waals surface area contributed by atoms with Crippen LogP contribution in [0.15, 0.2) is 35.6 Å². The first kappa shape index (κ1) is 18.5. The summed E-state index contributed by atoms with van der Waals surface area (Å²) in [5.74, 6) is -0.431. The molecule has 0 aliphatic rings. The second-order valence-corrected chi connectivity index (χ2v) is 7.74. The molecular formula is C14H15ClN4O3S2. The number of halogens is 1. The van der Waals surface area contributed by atoms with Gasteiger partial charge in [0.25, 0.3) is 5.91 Å². The highest BCUT2D eigenvalue weighted by atomic mass is 35.5. The Hall–Kier alpha value is -1.84. The van der Waals surface area contributed by atoms with Crippen molar-refractivity contribution in [3.05, 3.63) is 46.7 Å². The zero-order valence-electron chi connectivity index (χ0n) is 12.9. The minimum Gasteiger partial charge on any atom is -0.347 e. The van der Waals surface area contributed by atoms with Gasteiger partial charge in [-0.05, 0) is 24.0 Å². The molecule has 0 radical (unpaired) electrons. The maximum atomic E-state index is 12.2. The van der Waals surface area contributed by atoms with Gasteiger partial charge < -0.3 is 5.32 Å². The molecule has 128 valence electrons. The minimum absolute atomic E-state index is 0.0985. The Kier molecular flexibility index (Phi) is 6.03. The molecule has 0 saturated carbocycles. The SMILES string of the molecule is CSc1ncc(Cl)c(C(=O)NCc2cccc(NS(C)(=O)=O)c2)n1. The number of sulfonamides is 1. The first-order chi connectivity index (χ1) is 11.3. The van der Waals surface area contributed by atoms with Gasteiger partial charge in [0, 0.05) is 12.2 Å². The van der Waals surface area contributed by atoms with E-state index in [9.17, 15) is 13.2 Å². The van der Waals surface area contributed by atoms with E-state index in [1.807, 2.05) is 0 Å². The summed E-state index contributed by atoms with van der Waals surface area (Å²) in [6.07, 6.45) is 4.25. The molecule has 1 heterocycles. The van der Waals surface area contributed by atoms with Crippen LogP contribution in [0.4, 0.5) is 5.69 Å². The third-order valence-corrected chi connectivity index (χ3v) is 4.25. The number of nitrogens with one attached hydrogen (secondary N) is 2. The van der Waals surface area contributed by atoms with Crippen molar-refractivity contribution < 1.29 is 13.2 Å². The lowest BCUT2D eigenvalue weighted by Crippen LogP contribution is -2.24. The van der Waals surface area contributed by atoms with Crippen LogP contribution in [0.1, 0.15) is 16.1 Å². The van der Waals surface area contributed by atoms with E-state index in [1.165, 1.54) is 18.0 Å². The Labute approximate surface area is 149 Å². The fraction of sp³-hybridized carbons (Fsp3) is 0.214. The van der Waals surface area contributed by atoms with Crippen molar-refractivity contribution in [3.63, 3.8) is 0 Å². The number of thioether (sulfide) groups is 1. The summed E-state index contributed by atoms with van der Waals surface area (Å²) in [6, 6.07) is 6.72. The van der Waals surface area contributed by atoms with Gasteiger partial charge >= 0.3 is 0 Å². The van der Waals surface area contributed by atoms with Gasteiger partial charge in [-0.1, -0.05) is 35.5 Å². The smallest absolute Gasteiger partial charge is 0.271 e. The van der Waals surface area contributed by atoms with Gasteiger partial charge in [-0.3, -0.25) is 9.52 Å². The zero-order valence-corrected chi connectivity index (χ0v) is 15.3. The number of aromatic nitrogens is 2. The lowest BCUT2D eigenvalue weighted by molar-refractivity contribution is 0.0945. The van der Waals surface area contributed by atoms with Crippen LogP contribution in [-0.2, 0) is 16.6 Å². The van der Waals surface area contributed by atoms with Gasteiger partial charge in [-0.15, -0.1) is 0 Å². The van der Waals surface area contributed by atoms with Gasteiger partial charge in [0.1, 0.15) is 0 Å². The molecule has 7 nitrogen and oxygen atoms in total. The number of benzene rings is 1. The van der Waals surface area contributed by atoms with Gasteiger partial charge in [0.2, 0.25) is 10.0 Å². The van der Waals surface area contributed by atoms with Crippen LogP contribution >= 0.6 is 23.4 Å². The molecule has 2 N–H and O–H groups in total. The second kappa shape index (κ2) is 7.82. The molecule has 0 aliphatic carbocycles. The summed E-state index contributed by atoms with van der Waals surface area (Å²) >= 11 is 7.26. The molecule has 0 saturated heterocycles. The number of carbonyl (C=O) groups excluding carboxylic acids is 1. The number of anilines is 1. The maximum Gasteiger partial charge on any atom is 0.271 e. The topological polar surface area (TPSA) is 101 Å². The monoisotopic (exact) mass is 386 g/mol. The first-order valence-corrected chi connectivity index (χ1v) is 10.2. The van der Waals surface area contributed by atoms with E-state index >= 15 is 0 Å². The first-order valence-electron chi connectivity index (χ1n) is 6.70. The molecule has 1 aromatic heterocycles. The van der Waals surface area contributed by atoms with Crippen molar-refractivity contribution in [2.45, 2.75) is 11.7 Å². The number of amides is 1. The largest absolute Gasteiger partial charge is 0.347 e. The van der Waals surface area contributed by atoms with Gasteiger partial charge in [0.05, 0.1) is 17.5 Å². The highest BCUT2D eigenvalue weighted by Crippen LogP contribution is 2.17. The summed E-state index contributed by atoms with van der Waals surface area (Å²) in [5, 5.41) is 3.31. The van der Waals surface area contributed by atoms with Crippen LogP contribution in [0.25, 0.3) is 0 Å². The third kappa shape index (κ3) is 5.36. The Balaban J connectivity index is 2.08. The molecule has 1 amide bonds. The van der Waals surface area contributed by atoms with Crippen LogP contribution in [0.3, 0.4) is 0 Å². The predicted molar refractivity (Wildman–Crippen MR) is 94.9 cm³/mol. The maximum absolute atomic E-state index is 12.2. The quantitative estimate of drug-likeness (QED) is 0.582. The van der Waals surface area contributed by atoms with Gasteiger partial charge in [-0.2, -0.15) is 0 Å². The van der Waals surface area contributed by atoms with Crippen molar-refractivity contribution in [3.8, 4) is 0 Å².